The molecule has 0 bridgehead atoms. The zero-order chi connectivity index (χ0) is 22.2. The Hall–Kier alpha value is -1.38. The molecule has 0 amide bonds. The van der Waals surface area contributed by atoms with Crippen LogP contribution in [0.25, 0.3) is 0 Å². The lowest BCUT2D eigenvalue weighted by atomic mass is 10.1. The second kappa shape index (κ2) is 12.9. The van der Waals surface area contributed by atoms with E-state index in [1.807, 2.05) is 0 Å². The normalized spacial score (nSPS) is 25.8. The van der Waals surface area contributed by atoms with Crippen molar-refractivity contribution in [3.05, 3.63) is 22.7 Å². The van der Waals surface area contributed by atoms with Crippen molar-refractivity contribution in [2.75, 3.05) is 33.5 Å². The number of nitrogens with zero attached hydrogens (tertiary/aromatic N) is 3. The van der Waals surface area contributed by atoms with Gasteiger partial charge < -0.3 is 52.4 Å². The number of nitrogens with two attached hydrogens (primary N) is 1. The van der Waals surface area contributed by atoms with E-state index >= 15 is 0 Å². The van der Waals surface area contributed by atoms with Crippen molar-refractivity contribution in [1.82, 2.24) is 9.55 Å². The van der Waals surface area contributed by atoms with Crippen LogP contribution < -0.4 is 16.3 Å². The molecule has 0 spiro atoms. The van der Waals surface area contributed by atoms with Crippen LogP contribution >= 0.6 is 15.6 Å². The summed E-state index contributed by atoms with van der Waals surface area (Å²) >= 11 is 0. The molecule has 198 valence electrons. The summed E-state index contributed by atoms with van der Waals surface area (Å²) in [6, 6.07) is 1.25. The highest BCUT2D eigenvalue weighted by Gasteiger charge is 2.45. The summed E-state index contributed by atoms with van der Waals surface area (Å²) in [5, 5.41) is 20.1. The van der Waals surface area contributed by atoms with Gasteiger partial charge in [0.15, 0.2) is 6.23 Å². The van der Waals surface area contributed by atoms with Crippen molar-refractivity contribution in [1.29, 1.82) is 0 Å². The van der Waals surface area contributed by atoms with Crippen LogP contribution in [0.3, 0.4) is 0 Å². The summed E-state index contributed by atoms with van der Waals surface area (Å²) in [5.74, 6) is -0.0734. The van der Waals surface area contributed by atoms with Gasteiger partial charge in [0.05, 0.1) is 27.7 Å². The first-order valence-corrected chi connectivity index (χ1v) is 10.9. The standard InChI is InChI=1S/C12H22N4O11P2.4H2O/c1-16(2,3)26-29(22,23)27-28(20,21)24-6-7-9(17)10(18)11(25-7)15-5-4-8(13)14-12(15)19;;;;/h4-5,7,9-11,17-18H,6H2,1-3H3,(H3-,13,14,19,20,21,22,23);4*1H2/t7-,9-,10-,11-;;;;/m1..../s1. The van der Waals surface area contributed by atoms with Crippen molar-refractivity contribution in [2.45, 2.75) is 24.5 Å². The average Bonchev–Trinajstić information content (AvgIpc) is 2.78. The number of hydrogen-bond acceptors (Lipinski definition) is 12. The predicted octanol–water partition coefficient (Wildman–Crippen LogP) is -5.61. The van der Waals surface area contributed by atoms with Gasteiger partial charge in [-0.3, -0.25) is 13.7 Å². The Bertz CT molecular complexity index is 892. The van der Waals surface area contributed by atoms with E-state index in [2.05, 4.69) is 18.4 Å². The lowest BCUT2D eigenvalue weighted by molar-refractivity contribution is -1.04. The molecular weight excluding hydrogens is 502 g/mol. The van der Waals surface area contributed by atoms with Gasteiger partial charge in [0, 0.05) is 6.20 Å². The van der Waals surface area contributed by atoms with Gasteiger partial charge in [-0.1, -0.05) is 0 Å². The molecule has 6 atom stereocenters. The fourth-order valence-corrected chi connectivity index (χ4v) is 4.60. The van der Waals surface area contributed by atoms with Crippen LogP contribution in [0.2, 0.25) is 0 Å². The van der Waals surface area contributed by atoms with Crippen molar-refractivity contribution in [3.8, 4) is 0 Å². The van der Waals surface area contributed by atoms with Crippen molar-refractivity contribution < 1.29 is 73.9 Å². The summed E-state index contributed by atoms with van der Waals surface area (Å²) in [4.78, 5) is 36.6. The molecule has 0 radical (unpaired) electrons. The molecule has 19 nitrogen and oxygen atoms in total. The average molecular weight is 532 g/mol. The predicted molar refractivity (Wildman–Crippen MR) is 107 cm³/mol. The summed E-state index contributed by atoms with van der Waals surface area (Å²) < 4.78 is 42.1. The zero-order valence-corrected chi connectivity index (χ0v) is 19.4. The highest BCUT2D eigenvalue weighted by molar-refractivity contribution is 7.60. The maximum Gasteiger partial charge on any atom is 0.478 e. The number of hydroxylamine groups is 3. The topological polar surface area (TPSA) is 342 Å². The van der Waals surface area contributed by atoms with Crippen LogP contribution in [-0.2, 0) is 27.3 Å². The molecule has 1 aromatic rings. The Labute approximate surface area is 186 Å². The SMILES string of the molecule is C[N+](C)(C)OP(=O)([O-])OP(=O)(O)OC[C@H]1O[C@@H](n2ccc(N)nc2=O)[C@H](O)[C@@H]1O.O.O.O.O. The second-order valence-corrected chi connectivity index (χ2v) is 9.76. The molecular formula is C12H30N4O15P2. The number of ether oxygens (including phenoxy) is 1. The third-order valence-electron chi connectivity index (χ3n) is 3.41. The molecule has 13 N–H and O–H groups in total. The first-order valence-electron chi connectivity index (χ1n) is 7.99. The maximum atomic E-state index is 11.9. The fraction of sp³-hybridized carbons (Fsp3) is 0.667. The number of nitrogen functional groups attached to an aromatic ring is 1. The van der Waals surface area contributed by atoms with Crippen molar-refractivity contribution in [3.63, 3.8) is 0 Å². The Morgan fingerprint density at radius 1 is 1.21 bits per heavy atom. The molecule has 0 aliphatic carbocycles. The summed E-state index contributed by atoms with van der Waals surface area (Å²) in [6.45, 7) is -0.857. The van der Waals surface area contributed by atoms with Gasteiger partial charge >= 0.3 is 21.3 Å². The van der Waals surface area contributed by atoms with Crippen molar-refractivity contribution >= 4 is 21.5 Å². The van der Waals surface area contributed by atoms with Crippen LogP contribution in [0.15, 0.2) is 17.1 Å². The minimum absolute atomic E-state index is 0. The number of aromatic nitrogens is 2. The zero-order valence-electron chi connectivity index (χ0n) is 17.6. The molecule has 1 fully saturated rings. The van der Waals surface area contributed by atoms with E-state index in [0.29, 0.717) is 0 Å². The largest absolute Gasteiger partial charge is 0.752 e. The minimum atomic E-state index is -5.23. The van der Waals surface area contributed by atoms with Gasteiger partial charge in [-0.2, -0.15) is 9.63 Å². The van der Waals surface area contributed by atoms with Gasteiger partial charge in [0.2, 0.25) is 0 Å². The van der Waals surface area contributed by atoms with Crippen LogP contribution in [0, 0.1) is 0 Å². The molecule has 2 heterocycles. The molecule has 1 saturated heterocycles. The molecule has 33 heavy (non-hydrogen) atoms. The van der Waals surface area contributed by atoms with E-state index in [1.54, 1.807) is 0 Å². The Kier molecular flexibility index (Phi) is 14.2. The van der Waals surface area contributed by atoms with Gasteiger partial charge in [0.25, 0.3) is 0 Å². The summed E-state index contributed by atoms with van der Waals surface area (Å²) in [5.41, 5.74) is 4.50. The number of rotatable bonds is 8. The maximum absolute atomic E-state index is 11.9. The first kappa shape index (κ1) is 36.2. The molecule has 1 aromatic heterocycles. The highest BCUT2D eigenvalue weighted by atomic mass is 31.3. The Balaban J connectivity index is -0.00000225. The number of aliphatic hydroxyl groups excluding tert-OH is 2. The second-order valence-electron chi connectivity index (χ2n) is 6.85. The van der Waals surface area contributed by atoms with Gasteiger partial charge in [-0.25, -0.2) is 13.7 Å². The number of aliphatic hydroxyl groups is 2. The molecule has 0 aromatic carbocycles. The molecule has 1 aliphatic rings. The first-order chi connectivity index (χ1) is 13.1. The van der Waals surface area contributed by atoms with E-state index in [1.165, 1.54) is 33.4 Å². The lowest BCUT2D eigenvalue weighted by Gasteiger charge is -2.30. The molecule has 0 saturated carbocycles. The Morgan fingerprint density at radius 2 is 1.76 bits per heavy atom. The fourth-order valence-electron chi connectivity index (χ4n) is 2.35. The quantitative estimate of drug-likeness (QED) is 0.138. The Morgan fingerprint density at radius 3 is 2.24 bits per heavy atom. The van der Waals surface area contributed by atoms with E-state index in [-0.39, 0.29) is 27.7 Å². The van der Waals surface area contributed by atoms with Crippen LogP contribution in [-0.4, -0.2) is 97.3 Å². The number of hydrogen-bond donors (Lipinski definition) is 4. The molecule has 21 heteroatoms. The van der Waals surface area contributed by atoms with Gasteiger partial charge in [0.1, 0.15) is 24.1 Å². The third-order valence-corrected chi connectivity index (χ3v) is 6.20. The number of phosphoric ester groups is 1. The smallest absolute Gasteiger partial charge is 0.478 e. The van der Waals surface area contributed by atoms with Gasteiger partial charge in [-0.05, 0) is 6.07 Å². The third kappa shape index (κ3) is 10.2. The highest BCUT2D eigenvalue weighted by Crippen LogP contribution is 2.59. The molecule has 2 rings (SSSR count). The van der Waals surface area contributed by atoms with Crippen molar-refractivity contribution in [2.24, 2.45) is 0 Å². The molecule has 1 aliphatic heterocycles. The number of phosphoric acid groups is 2. The number of quaternary nitrogens is 1. The minimum Gasteiger partial charge on any atom is -0.752 e. The summed E-state index contributed by atoms with van der Waals surface area (Å²) in [6.07, 6.45) is -4.91. The van der Waals surface area contributed by atoms with Gasteiger partial charge in [-0.15, -0.1) is 4.62 Å². The lowest BCUT2D eigenvalue weighted by Crippen LogP contribution is -2.36. The number of anilines is 1. The van der Waals surface area contributed by atoms with E-state index in [9.17, 15) is 33.9 Å². The molecule has 2 unspecified atom stereocenters. The van der Waals surface area contributed by atoms with E-state index < -0.39 is 57.1 Å². The van der Waals surface area contributed by atoms with E-state index in [4.69, 9.17) is 10.5 Å². The summed E-state index contributed by atoms with van der Waals surface area (Å²) in [7, 11) is -6.47. The van der Waals surface area contributed by atoms with Crippen LogP contribution in [0.1, 0.15) is 6.23 Å². The van der Waals surface area contributed by atoms with Crippen LogP contribution in [0.4, 0.5) is 5.82 Å². The van der Waals surface area contributed by atoms with Crippen LogP contribution in [0.5, 0.6) is 0 Å². The van der Waals surface area contributed by atoms with E-state index in [0.717, 1.165) is 4.57 Å². The monoisotopic (exact) mass is 532 g/mol.